The summed E-state index contributed by atoms with van der Waals surface area (Å²) < 4.78 is 27.0. The highest BCUT2D eigenvalue weighted by molar-refractivity contribution is 7.89. The van der Waals surface area contributed by atoms with E-state index in [1.54, 1.807) is 30.3 Å². The summed E-state index contributed by atoms with van der Waals surface area (Å²) in [5.41, 5.74) is 2.10. The molecular weight excluding hydrogens is 258 g/mol. The molecule has 1 unspecified atom stereocenters. The van der Waals surface area contributed by atoms with Crippen LogP contribution in [0.15, 0.2) is 59.5 Å². The lowest BCUT2D eigenvalue weighted by Gasteiger charge is -2.14. The van der Waals surface area contributed by atoms with Crippen molar-refractivity contribution in [1.82, 2.24) is 4.72 Å². The Morgan fingerprint density at radius 3 is 2.11 bits per heavy atom. The molecule has 4 heteroatoms. The smallest absolute Gasteiger partial charge is 0.207 e. The van der Waals surface area contributed by atoms with Crippen LogP contribution in [0.1, 0.15) is 24.1 Å². The molecule has 0 aromatic heterocycles. The number of benzene rings is 2. The Hall–Kier alpha value is -1.65. The minimum Gasteiger partial charge on any atom is -0.207 e. The van der Waals surface area contributed by atoms with Crippen LogP contribution >= 0.6 is 0 Å². The van der Waals surface area contributed by atoms with Gasteiger partial charge in [0.2, 0.25) is 10.0 Å². The number of hydrogen-bond acceptors (Lipinski definition) is 2. The highest BCUT2D eigenvalue weighted by atomic mass is 32.2. The monoisotopic (exact) mass is 275 g/mol. The van der Waals surface area contributed by atoms with Crippen LogP contribution in [0.4, 0.5) is 0 Å². The SMILES string of the molecule is Cc1ccc(C(C)NS(=O)(=O)c2ccccc2)cc1. The molecule has 2 aromatic rings. The highest BCUT2D eigenvalue weighted by Gasteiger charge is 2.17. The Balaban J connectivity index is 2.19. The van der Waals surface area contributed by atoms with Gasteiger partial charge in [0.1, 0.15) is 0 Å². The first-order valence-electron chi connectivity index (χ1n) is 6.13. The molecule has 100 valence electrons. The zero-order valence-corrected chi connectivity index (χ0v) is 11.8. The fraction of sp³-hybridized carbons (Fsp3) is 0.200. The second-order valence-corrected chi connectivity index (χ2v) is 6.28. The van der Waals surface area contributed by atoms with Gasteiger partial charge in [-0.25, -0.2) is 13.1 Å². The predicted molar refractivity (Wildman–Crippen MR) is 76.4 cm³/mol. The minimum absolute atomic E-state index is 0.259. The molecule has 0 bridgehead atoms. The number of hydrogen-bond donors (Lipinski definition) is 1. The summed E-state index contributed by atoms with van der Waals surface area (Å²) in [6, 6.07) is 16.0. The van der Waals surface area contributed by atoms with Crippen LogP contribution in [-0.2, 0) is 10.0 Å². The molecule has 0 heterocycles. The lowest BCUT2D eigenvalue weighted by Crippen LogP contribution is -2.26. The zero-order valence-electron chi connectivity index (χ0n) is 11.0. The molecule has 0 saturated carbocycles. The summed E-state index contributed by atoms with van der Waals surface area (Å²) in [5, 5.41) is 0. The standard InChI is InChI=1S/C15H17NO2S/c1-12-8-10-14(11-9-12)13(2)16-19(17,18)15-6-4-3-5-7-15/h3-11,13,16H,1-2H3. The van der Waals surface area contributed by atoms with Gasteiger partial charge in [0.05, 0.1) is 4.90 Å². The first-order valence-corrected chi connectivity index (χ1v) is 7.61. The van der Waals surface area contributed by atoms with Crippen LogP contribution in [0.2, 0.25) is 0 Å². The van der Waals surface area contributed by atoms with Gasteiger partial charge in [0, 0.05) is 6.04 Å². The number of rotatable bonds is 4. The topological polar surface area (TPSA) is 46.2 Å². The van der Waals surface area contributed by atoms with E-state index in [4.69, 9.17) is 0 Å². The van der Waals surface area contributed by atoms with Gasteiger partial charge in [-0.15, -0.1) is 0 Å². The van der Waals surface area contributed by atoms with Crippen molar-refractivity contribution < 1.29 is 8.42 Å². The average molecular weight is 275 g/mol. The molecule has 0 aliphatic heterocycles. The van der Waals surface area contributed by atoms with E-state index < -0.39 is 10.0 Å². The maximum Gasteiger partial charge on any atom is 0.241 e. The van der Waals surface area contributed by atoms with Crippen molar-refractivity contribution in [2.75, 3.05) is 0 Å². The summed E-state index contributed by atoms with van der Waals surface area (Å²) in [7, 11) is -3.47. The van der Waals surface area contributed by atoms with Gasteiger partial charge < -0.3 is 0 Å². The second kappa shape index (κ2) is 5.55. The maximum atomic E-state index is 12.2. The van der Waals surface area contributed by atoms with Crippen LogP contribution in [0, 0.1) is 6.92 Å². The van der Waals surface area contributed by atoms with Gasteiger partial charge in [-0.2, -0.15) is 0 Å². The quantitative estimate of drug-likeness (QED) is 0.932. The molecule has 0 fully saturated rings. The fourth-order valence-electron chi connectivity index (χ4n) is 1.82. The van der Waals surface area contributed by atoms with Crippen LogP contribution < -0.4 is 4.72 Å². The third-order valence-corrected chi connectivity index (χ3v) is 4.52. The largest absolute Gasteiger partial charge is 0.241 e. The Morgan fingerprint density at radius 1 is 0.947 bits per heavy atom. The van der Waals surface area contributed by atoms with Crippen molar-refractivity contribution in [2.24, 2.45) is 0 Å². The Labute approximate surface area is 114 Å². The van der Waals surface area contributed by atoms with Crippen molar-refractivity contribution >= 4 is 10.0 Å². The van der Waals surface area contributed by atoms with Crippen molar-refractivity contribution in [3.8, 4) is 0 Å². The van der Waals surface area contributed by atoms with E-state index in [2.05, 4.69) is 4.72 Å². The van der Waals surface area contributed by atoms with E-state index in [-0.39, 0.29) is 10.9 Å². The zero-order chi connectivity index (χ0) is 13.9. The molecule has 3 nitrogen and oxygen atoms in total. The normalized spacial score (nSPS) is 13.2. The van der Waals surface area contributed by atoms with E-state index in [1.165, 1.54) is 0 Å². The Bertz CT molecular complexity index is 634. The molecule has 1 atom stereocenters. The van der Waals surface area contributed by atoms with Crippen molar-refractivity contribution in [1.29, 1.82) is 0 Å². The lowest BCUT2D eigenvalue weighted by molar-refractivity contribution is 0.567. The summed E-state index contributed by atoms with van der Waals surface area (Å²) in [6.45, 7) is 3.84. The Kier molecular flexibility index (Phi) is 4.02. The van der Waals surface area contributed by atoms with Crippen LogP contribution in [-0.4, -0.2) is 8.42 Å². The predicted octanol–water partition coefficient (Wildman–Crippen LogP) is 3.03. The van der Waals surface area contributed by atoms with Crippen LogP contribution in [0.25, 0.3) is 0 Å². The molecule has 19 heavy (non-hydrogen) atoms. The molecule has 2 aromatic carbocycles. The third-order valence-electron chi connectivity index (χ3n) is 2.96. The number of aryl methyl sites for hydroxylation is 1. The third kappa shape index (κ3) is 3.43. The molecule has 1 N–H and O–H groups in total. The Morgan fingerprint density at radius 2 is 1.53 bits per heavy atom. The van der Waals surface area contributed by atoms with E-state index in [0.29, 0.717) is 0 Å². The van der Waals surface area contributed by atoms with E-state index in [1.807, 2.05) is 38.1 Å². The van der Waals surface area contributed by atoms with Crippen molar-refractivity contribution in [2.45, 2.75) is 24.8 Å². The van der Waals surface area contributed by atoms with E-state index in [0.717, 1.165) is 11.1 Å². The summed E-state index contributed by atoms with van der Waals surface area (Å²) in [5.74, 6) is 0. The van der Waals surface area contributed by atoms with Crippen molar-refractivity contribution in [3.05, 3.63) is 65.7 Å². The molecule has 0 spiro atoms. The molecule has 0 saturated heterocycles. The number of sulfonamides is 1. The first kappa shape index (κ1) is 13.8. The second-order valence-electron chi connectivity index (χ2n) is 4.57. The van der Waals surface area contributed by atoms with Gasteiger partial charge in [-0.05, 0) is 31.5 Å². The van der Waals surface area contributed by atoms with Crippen LogP contribution in [0.3, 0.4) is 0 Å². The minimum atomic E-state index is -3.47. The highest BCUT2D eigenvalue weighted by Crippen LogP contribution is 2.17. The van der Waals surface area contributed by atoms with E-state index >= 15 is 0 Å². The van der Waals surface area contributed by atoms with Gasteiger partial charge in [-0.3, -0.25) is 0 Å². The molecular formula is C15H17NO2S. The average Bonchev–Trinajstić information content (AvgIpc) is 2.40. The van der Waals surface area contributed by atoms with Gasteiger partial charge >= 0.3 is 0 Å². The summed E-state index contributed by atoms with van der Waals surface area (Å²) in [4.78, 5) is 0.286. The van der Waals surface area contributed by atoms with Crippen molar-refractivity contribution in [3.63, 3.8) is 0 Å². The molecule has 2 rings (SSSR count). The summed E-state index contributed by atoms with van der Waals surface area (Å²) in [6.07, 6.45) is 0. The van der Waals surface area contributed by atoms with Gasteiger partial charge in [-0.1, -0.05) is 48.0 Å². The first-order chi connectivity index (χ1) is 8.99. The maximum absolute atomic E-state index is 12.2. The molecule has 0 radical (unpaired) electrons. The van der Waals surface area contributed by atoms with E-state index in [9.17, 15) is 8.42 Å². The molecule has 0 aliphatic rings. The van der Waals surface area contributed by atoms with Crippen LogP contribution in [0.5, 0.6) is 0 Å². The lowest BCUT2D eigenvalue weighted by atomic mass is 10.1. The van der Waals surface area contributed by atoms with Gasteiger partial charge in [0.25, 0.3) is 0 Å². The van der Waals surface area contributed by atoms with Gasteiger partial charge in [0.15, 0.2) is 0 Å². The summed E-state index contributed by atoms with van der Waals surface area (Å²) >= 11 is 0. The molecule has 0 aliphatic carbocycles. The fourth-order valence-corrected chi connectivity index (χ4v) is 3.08. The molecule has 0 amide bonds. The number of nitrogens with one attached hydrogen (secondary N) is 1.